The lowest BCUT2D eigenvalue weighted by molar-refractivity contribution is -0.0512. The van der Waals surface area contributed by atoms with E-state index < -0.39 is 6.61 Å². The number of alkyl halides is 2. The Bertz CT molecular complexity index is 1000. The third-order valence-electron chi connectivity index (χ3n) is 3.68. The van der Waals surface area contributed by atoms with Crippen molar-refractivity contribution in [3.8, 4) is 22.1 Å². The Labute approximate surface area is 162 Å². The highest BCUT2D eigenvalue weighted by atomic mass is 32.1. The van der Waals surface area contributed by atoms with Gasteiger partial charge in [0.05, 0.1) is 12.8 Å². The van der Waals surface area contributed by atoms with Gasteiger partial charge < -0.3 is 9.47 Å². The maximum atomic E-state index is 13.0. The summed E-state index contributed by atoms with van der Waals surface area (Å²) in [4.78, 5) is 16.7. The van der Waals surface area contributed by atoms with Crippen LogP contribution in [0.3, 0.4) is 0 Å². The molecule has 0 radical (unpaired) electrons. The molecule has 3 aromatic rings. The maximum absolute atomic E-state index is 13.0. The number of ether oxygens (including phenoxy) is 2. The van der Waals surface area contributed by atoms with Gasteiger partial charge in [-0.25, -0.2) is 9.37 Å². The fraction of sp³-hybridized carbons (Fsp3) is 0.100. The molecule has 0 saturated heterocycles. The number of thiazole rings is 1. The molecule has 0 fully saturated rings. The molecule has 2 aromatic carbocycles. The molecule has 0 atom stereocenters. The molecule has 4 nitrogen and oxygen atoms in total. The van der Waals surface area contributed by atoms with Crippen LogP contribution in [0.2, 0.25) is 0 Å². The molecule has 0 aliphatic heterocycles. The number of hydrogen-bond donors (Lipinski definition) is 0. The van der Waals surface area contributed by atoms with Crippen molar-refractivity contribution in [1.82, 2.24) is 4.98 Å². The Kier molecular flexibility index (Phi) is 6.10. The lowest BCUT2D eigenvalue weighted by Gasteiger charge is -2.10. The number of hydrogen-bond acceptors (Lipinski definition) is 5. The number of nitrogens with zero attached hydrogens (tertiary/aromatic N) is 1. The molecule has 1 aromatic heterocycles. The van der Waals surface area contributed by atoms with Crippen molar-refractivity contribution in [3.05, 3.63) is 71.0 Å². The summed E-state index contributed by atoms with van der Waals surface area (Å²) in [5.41, 5.74) is 1.60. The quantitative estimate of drug-likeness (QED) is 0.387. The molecule has 0 spiro atoms. The molecule has 144 valence electrons. The highest BCUT2D eigenvalue weighted by Gasteiger charge is 2.13. The summed E-state index contributed by atoms with van der Waals surface area (Å²) in [6.07, 6.45) is 2.87. The van der Waals surface area contributed by atoms with E-state index in [1.165, 1.54) is 54.9 Å². The molecule has 0 N–H and O–H groups in total. The van der Waals surface area contributed by atoms with Crippen LogP contribution in [-0.4, -0.2) is 24.5 Å². The molecule has 0 aliphatic rings. The third kappa shape index (κ3) is 4.77. The molecule has 8 heteroatoms. The topological polar surface area (TPSA) is 48.4 Å². The second kappa shape index (κ2) is 8.71. The van der Waals surface area contributed by atoms with Crippen molar-refractivity contribution in [1.29, 1.82) is 0 Å². The molecular formula is C20H14F3NO3S. The van der Waals surface area contributed by atoms with E-state index in [0.29, 0.717) is 10.7 Å². The molecule has 28 heavy (non-hydrogen) atoms. The van der Waals surface area contributed by atoms with E-state index in [9.17, 15) is 18.0 Å². The van der Waals surface area contributed by atoms with Crippen molar-refractivity contribution < 1.29 is 27.4 Å². The number of allylic oxidation sites excluding steroid dienone is 1. The number of carbonyl (C=O) groups excluding carboxylic acids is 1. The second-order valence-corrected chi connectivity index (χ2v) is 6.38. The van der Waals surface area contributed by atoms with Crippen molar-refractivity contribution in [2.75, 3.05) is 7.11 Å². The normalized spacial score (nSPS) is 11.2. The number of carbonyl (C=O) groups is 1. The summed E-state index contributed by atoms with van der Waals surface area (Å²) in [5.74, 6) is -0.794. The summed E-state index contributed by atoms with van der Waals surface area (Å²) >= 11 is 1.37. The molecule has 0 bridgehead atoms. The summed E-state index contributed by atoms with van der Waals surface area (Å²) in [6.45, 7) is -2.99. The number of methoxy groups -OCH3 is 1. The SMILES string of the molecule is COc1cc(C(=O)/C=C/c2csc(-c3ccc(F)cc3)n2)ccc1OC(F)F. The van der Waals surface area contributed by atoms with Crippen molar-refractivity contribution in [3.63, 3.8) is 0 Å². The van der Waals surface area contributed by atoms with Crippen molar-refractivity contribution in [2.45, 2.75) is 6.61 Å². The highest BCUT2D eigenvalue weighted by Crippen LogP contribution is 2.30. The van der Waals surface area contributed by atoms with Gasteiger partial charge in [-0.1, -0.05) is 0 Å². The standard InChI is InChI=1S/C20H14F3NO3S/c1-26-18-10-13(4-9-17(18)27-20(22)23)16(25)8-7-15-11-28-19(24-15)12-2-5-14(21)6-3-12/h2-11,20H,1H3/b8-7+. The van der Waals surface area contributed by atoms with Gasteiger partial charge in [-0.15, -0.1) is 11.3 Å². The van der Waals surface area contributed by atoms with E-state index in [4.69, 9.17) is 4.74 Å². The molecule has 0 unspecified atom stereocenters. The molecule has 0 aliphatic carbocycles. The van der Waals surface area contributed by atoms with E-state index in [1.807, 2.05) is 0 Å². The number of rotatable bonds is 7. The van der Waals surface area contributed by atoms with Gasteiger partial charge in [-0.2, -0.15) is 8.78 Å². The fourth-order valence-corrected chi connectivity index (χ4v) is 3.15. The predicted molar refractivity (Wildman–Crippen MR) is 100 cm³/mol. The zero-order valence-corrected chi connectivity index (χ0v) is 15.4. The van der Waals surface area contributed by atoms with Gasteiger partial charge >= 0.3 is 6.61 Å². The first-order valence-corrected chi connectivity index (χ1v) is 8.91. The van der Waals surface area contributed by atoms with Crippen LogP contribution >= 0.6 is 11.3 Å². The third-order valence-corrected chi connectivity index (χ3v) is 4.59. The summed E-state index contributed by atoms with van der Waals surface area (Å²) in [6, 6.07) is 9.91. The van der Waals surface area contributed by atoms with Crippen LogP contribution in [0.15, 0.2) is 53.9 Å². The van der Waals surface area contributed by atoms with Gasteiger partial charge in [0, 0.05) is 16.5 Å². The molecular weight excluding hydrogens is 391 g/mol. The monoisotopic (exact) mass is 405 g/mol. The number of benzene rings is 2. The van der Waals surface area contributed by atoms with Crippen molar-refractivity contribution in [2.24, 2.45) is 0 Å². The first-order valence-electron chi connectivity index (χ1n) is 8.03. The van der Waals surface area contributed by atoms with Gasteiger partial charge in [0.25, 0.3) is 0 Å². The average molecular weight is 405 g/mol. The number of ketones is 1. The van der Waals surface area contributed by atoms with Gasteiger partial charge in [0.1, 0.15) is 10.8 Å². The Morgan fingerprint density at radius 1 is 1.14 bits per heavy atom. The fourth-order valence-electron chi connectivity index (χ4n) is 2.36. The van der Waals surface area contributed by atoms with Crippen LogP contribution in [0, 0.1) is 5.82 Å². The zero-order valence-electron chi connectivity index (χ0n) is 14.6. The second-order valence-electron chi connectivity index (χ2n) is 5.53. The first kappa shape index (κ1) is 19.6. The smallest absolute Gasteiger partial charge is 0.387 e. The van der Waals surface area contributed by atoms with Crippen LogP contribution in [0.1, 0.15) is 16.1 Å². The van der Waals surface area contributed by atoms with Crippen LogP contribution < -0.4 is 9.47 Å². The van der Waals surface area contributed by atoms with Crippen LogP contribution in [-0.2, 0) is 0 Å². The number of aromatic nitrogens is 1. The molecule has 1 heterocycles. The Hall–Kier alpha value is -3.13. The lowest BCUT2D eigenvalue weighted by Crippen LogP contribution is -2.04. The van der Waals surface area contributed by atoms with E-state index in [-0.39, 0.29) is 28.7 Å². The van der Waals surface area contributed by atoms with E-state index in [1.54, 1.807) is 23.6 Å². The number of halogens is 3. The Balaban J connectivity index is 1.74. The van der Waals surface area contributed by atoms with Gasteiger partial charge in [-0.05, 0) is 54.6 Å². The largest absolute Gasteiger partial charge is 0.493 e. The molecule has 0 saturated carbocycles. The lowest BCUT2D eigenvalue weighted by atomic mass is 10.1. The highest BCUT2D eigenvalue weighted by molar-refractivity contribution is 7.13. The summed E-state index contributed by atoms with van der Waals surface area (Å²) in [5, 5.41) is 2.46. The summed E-state index contributed by atoms with van der Waals surface area (Å²) < 4.78 is 47.1. The van der Waals surface area contributed by atoms with E-state index in [0.717, 1.165) is 5.56 Å². The van der Waals surface area contributed by atoms with Crippen LogP contribution in [0.4, 0.5) is 13.2 Å². The van der Waals surface area contributed by atoms with Gasteiger partial charge in [-0.3, -0.25) is 4.79 Å². The van der Waals surface area contributed by atoms with E-state index >= 15 is 0 Å². The minimum atomic E-state index is -2.99. The zero-order chi connectivity index (χ0) is 20.1. The van der Waals surface area contributed by atoms with Gasteiger partial charge in [0.2, 0.25) is 0 Å². The summed E-state index contributed by atoms with van der Waals surface area (Å²) in [7, 11) is 1.30. The predicted octanol–water partition coefficient (Wildman–Crippen LogP) is 5.46. The van der Waals surface area contributed by atoms with E-state index in [2.05, 4.69) is 9.72 Å². The minimum Gasteiger partial charge on any atom is -0.493 e. The van der Waals surface area contributed by atoms with Gasteiger partial charge in [0.15, 0.2) is 17.3 Å². The Morgan fingerprint density at radius 2 is 1.89 bits per heavy atom. The Morgan fingerprint density at radius 3 is 2.57 bits per heavy atom. The molecule has 0 amide bonds. The first-order chi connectivity index (χ1) is 13.5. The minimum absolute atomic E-state index is 0.0341. The van der Waals surface area contributed by atoms with Crippen LogP contribution in [0.25, 0.3) is 16.6 Å². The maximum Gasteiger partial charge on any atom is 0.387 e. The van der Waals surface area contributed by atoms with Crippen molar-refractivity contribution >= 4 is 23.2 Å². The van der Waals surface area contributed by atoms with Crippen LogP contribution in [0.5, 0.6) is 11.5 Å². The average Bonchev–Trinajstić information content (AvgIpc) is 3.15. The molecule has 3 rings (SSSR count).